The van der Waals surface area contributed by atoms with E-state index >= 15 is 0 Å². The number of rotatable bonds is 1. The normalized spacial score (nSPS) is 20.8. The van der Waals surface area contributed by atoms with E-state index in [-0.39, 0.29) is 5.82 Å². The lowest BCUT2D eigenvalue weighted by Gasteiger charge is -2.32. The van der Waals surface area contributed by atoms with Crippen molar-refractivity contribution in [1.82, 2.24) is 4.57 Å². The van der Waals surface area contributed by atoms with Crippen LogP contribution in [0.1, 0.15) is 27.7 Å². The van der Waals surface area contributed by atoms with Gasteiger partial charge in [0.2, 0.25) is 0 Å². The summed E-state index contributed by atoms with van der Waals surface area (Å²) in [6.07, 6.45) is 1.95. The quantitative estimate of drug-likeness (QED) is 0.747. The Kier molecular flexibility index (Phi) is 2.79. The lowest BCUT2D eigenvalue weighted by atomic mass is 9.79. The predicted octanol–water partition coefficient (Wildman–Crippen LogP) is 2.62. The van der Waals surface area contributed by atoms with Crippen molar-refractivity contribution in [3.05, 3.63) is 30.2 Å². The van der Waals surface area contributed by atoms with Crippen LogP contribution in [0.4, 0.5) is 4.39 Å². The molecule has 0 bridgehead atoms. The third-order valence-electron chi connectivity index (χ3n) is 4.49. The number of fused-ring (bicyclic) bond motifs is 1. The van der Waals surface area contributed by atoms with Gasteiger partial charge in [0.25, 0.3) is 0 Å². The number of halogens is 1. The average molecular weight is 275 g/mol. The molecular formula is C15H19BFNO2. The number of aromatic nitrogens is 1. The maximum Gasteiger partial charge on any atom is 0.497 e. The first-order chi connectivity index (χ1) is 9.21. The summed E-state index contributed by atoms with van der Waals surface area (Å²) in [5.74, 6) is -0.249. The van der Waals surface area contributed by atoms with E-state index in [1.807, 2.05) is 45.5 Å². The summed E-state index contributed by atoms with van der Waals surface area (Å²) in [6.45, 7) is 8.05. The molecule has 106 valence electrons. The lowest BCUT2D eigenvalue weighted by Crippen LogP contribution is -2.41. The molecule has 0 atom stereocenters. The van der Waals surface area contributed by atoms with Gasteiger partial charge in [0.15, 0.2) is 0 Å². The summed E-state index contributed by atoms with van der Waals surface area (Å²) in [5.41, 5.74) is 1.05. The Morgan fingerprint density at radius 2 is 1.70 bits per heavy atom. The van der Waals surface area contributed by atoms with Crippen LogP contribution in [-0.2, 0) is 16.4 Å². The van der Waals surface area contributed by atoms with E-state index in [1.54, 1.807) is 6.07 Å². The van der Waals surface area contributed by atoms with Crippen LogP contribution >= 0.6 is 0 Å². The second-order valence-electron chi connectivity index (χ2n) is 6.45. The molecule has 0 saturated carbocycles. The van der Waals surface area contributed by atoms with Gasteiger partial charge in [0, 0.05) is 29.6 Å². The fraction of sp³-hybridized carbons (Fsp3) is 0.467. The van der Waals surface area contributed by atoms with Crippen molar-refractivity contribution in [3.63, 3.8) is 0 Å². The highest BCUT2D eigenvalue weighted by molar-refractivity contribution is 6.65. The van der Waals surface area contributed by atoms with Gasteiger partial charge in [0.05, 0.1) is 11.2 Å². The molecule has 0 N–H and O–H groups in total. The molecular weight excluding hydrogens is 256 g/mol. The molecule has 2 heterocycles. The van der Waals surface area contributed by atoms with Crippen molar-refractivity contribution in [3.8, 4) is 0 Å². The van der Waals surface area contributed by atoms with Crippen molar-refractivity contribution in [2.75, 3.05) is 0 Å². The second-order valence-corrected chi connectivity index (χ2v) is 6.45. The van der Waals surface area contributed by atoms with E-state index in [2.05, 4.69) is 0 Å². The molecule has 1 aliphatic rings. The number of benzene rings is 1. The first-order valence-electron chi connectivity index (χ1n) is 6.81. The molecule has 3 nitrogen and oxygen atoms in total. The van der Waals surface area contributed by atoms with Crippen LogP contribution in [0, 0.1) is 5.82 Å². The van der Waals surface area contributed by atoms with E-state index in [4.69, 9.17) is 9.31 Å². The van der Waals surface area contributed by atoms with E-state index in [1.165, 1.54) is 12.1 Å². The Bertz CT molecular complexity index is 662. The molecule has 2 aromatic rings. The lowest BCUT2D eigenvalue weighted by molar-refractivity contribution is 0.00578. The van der Waals surface area contributed by atoms with Crippen molar-refractivity contribution in [2.24, 2.45) is 7.05 Å². The summed E-state index contributed by atoms with van der Waals surface area (Å²) in [5, 5.41) is 0.839. The highest BCUT2D eigenvalue weighted by Crippen LogP contribution is 2.37. The van der Waals surface area contributed by atoms with E-state index in [0.29, 0.717) is 0 Å². The SMILES string of the molecule is Cn1cc(B2OC(C)(C)C(C)(C)O2)c2cc(F)ccc21. The van der Waals surface area contributed by atoms with Gasteiger partial charge in [-0.2, -0.15) is 0 Å². The molecule has 0 radical (unpaired) electrons. The summed E-state index contributed by atoms with van der Waals surface area (Å²) in [6, 6.07) is 4.78. The van der Waals surface area contributed by atoms with Crippen LogP contribution < -0.4 is 5.46 Å². The molecule has 1 saturated heterocycles. The molecule has 1 fully saturated rings. The first-order valence-corrected chi connectivity index (χ1v) is 6.81. The molecule has 0 amide bonds. The van der Waals surface area contributed by atoms with Gasteiger partial charge in [-0.15, -0.1) is 0 Å². The third-order valence-corrected chi connectivity index (χ3v) is 4.49. The Hall–Kier alpha value is -1.33. The van der Waals surface area contributed by atoms with Crippen LogP contribution in [0.5, 0.6) is 0 Å². The average Bonchev–Trinajstić information content (AvgIpc) is 2.74. The van der Waals surface area contributed by atoms with Crippen molar-refractivity contribution < 1.29 is 13.7 Å². The molecule has 1 aromatic heterocycles. The topological polar surface area (TPSA) is 23.4 Å². The molecule has 5 heteroatoms. The van der Waals surface area contributed by atoms with Gasteiger partial charge >= 0.3 is 7.12 Å². The summed E-state index contributed by atoms with van der Waals surface area (Å²) >= 11 is 0. The number of hydrogen-bond donors (Lipinski definition) is 0. The minimum absolute atomic E-state index is 0.249. The molecule has 1 aliphatic heterocycles. The zero-order valence-corrected chi connectivity index (χ0v) is 12.5. The van der Waals surface area contributed by atoms with E-state index in [9.17, 15) is 4.39 Å². The molecule has 0 unspecified atom stereocenters. The Morgan fingerprint density at radius 3 is 2.30 bits per heavy atom. The van der Waals surface area contributed by atoms with Crippen LogP contribution in [0.25, 0.3) is 10.9 Å². The Balaban J connectivity index is 2.10. The highest BCUT2D eigenvalue weighted by atomic mass is 19.1. The summed E-state index contributed by atoms with van der Waals surface area (Å²) < 4.78 is 27.6. The second kappa shape index (κ2) is 4.09. The van der Waals surface area contributed by atoms with Gasteiger partial charge in [-0.25, -0.2) is 4.39 Å². The molecule has 3 rings (SSSR count). The van der Waals surface area contributed by atoms with Crippen LogP contribution in [0.2, 0.25) is 0 Å². The molecule has 0 spiro atoms. The van der Waals surface area contributed by atoms with Gasteiger partial charge in [0.1, 0.15) is 5.82 Å². The van der Waals surface area contributed by atoms with Gasteiger partial charge in [-0.05, 0) is 45.9 Å². The van der Waals surface area contributed by atoms with Crippen molar-refractivity contribution in [1.29, 1.82) is 0 Å². The minimum Gasteiger partial charge on any atom is -0.399 e. The predicted molar refractivity (Wildman–Crippen MR) is 78.6 cm³/mol. The Labute approximate surface area is 118 Å². The first kappa shape index (κ1) is 13.6. The van der Waals surface area contributed by atoms with Crippen LogP contribution in [0.15, 0.2) is 24.4 Å². The van der Waals surface area contributed by atoms with Crippen LogP contribution in [-0.4, -0.2) is 22.9 Å². The smallest absolute Gasteiger partial charge is 0.399 e. The molecule has 20 heavy (non-hydrogen) atoms. The molecule has 0 aliphatic carbocycles. The van der Waals surface area contributed by atoms with Crippen molar-refractivity contribution in [2.45, 2.75) is 38.9 Å². The zero-order valence-electron chi connectivity index (χ0n) is 12.5. The Morgan fingerprint density at radius 1 is 1.10 bits per heavy atom. The minimum atomic E-state index is -0.467. The third kappa shape index (κ3) is 1.88. The van der Waals surface area contributed by atoms with Gasteiger partial charge < -0.3 is 13.9 Å². The maximum atomic E-state index is 13.5. The van der Waals surface area contributed by atoms with Crippen molar-refractivity contribution >= 4 is 23.5 Å². The van der Waals surface area contributed by atoms with Gasteiger partial charge in [-0.1, -0.05) is 0 Å². The van der Waals surface area contributed by atoms with Gasteiger partial charge in [-0.3, -0.25) is 0 Å². The zero-order chi connectivity index (χ0) is 14.7. The number of aryl methyl sites for hydroxylation is 1. The van der Waals surface area contributed by atoms with E-state index in [0.717, 1.165) is 16.4 Å². The monoisotopic (exact) mass is 275 g/mol. The van der Waals surface area contributed by atoms with E-state index < -0.39 is 18.3 Å². The summed E-state index contributed by atoms with van der Waals surface area (Å²) in [7, 11) is 1.47. The fourth-order valence-electron chi connectivity index (χ4n) is 2.55. The number of nitrogens with zero attached hydrogens (tertiary/aromatic N) is 1. The maximum absolute atomic E-state index is 13.5. The standard InChI is InChI=1S/C15H19BFNO2/c1-14(2)15(3,4)20-16(19-14)12-9-18(5)13-7-6-10(17)8-11(12)13/h6-9H,1-5H3. The molecule has 1 aromatic carbocycles. The summed E-state index contributed by atoms with van der Waals surface area (Å²) in [4.78, 5) is 0. The fourth-order valence-corrected chi connectivity index (χ4v) is 2.55. The van der Waals surface area contributed by atoms with Crippen LogP contribution in [0.3, 0.4) is 0 Å². The largest absolute Gasteiger partial charge is 0.497 e. The number of hydrogen-bond acceptors (Lipinski definition) is 2. The highest BCUT2D eigenvalue weighted by Gasteiger charge is 2.52.